The first kappa shape index (κ1) is 15.3. The highest BCUT2D eigenvalue weighted by atomic mass is 16.3. The molecule has 2 N–H and O–H groups in total. The number of pyridine rings is 1. The van der Waals surface area contributed by atoms with Crippen molar-refractivity contribution in [1.82, 2.24) is 9.97 Å². The van der Waals surface area contributed by atoms with E-state index in [-0.39, 0.29) is 0 Å². The molecule has 0 fully saturated rings. The van der Waals surface area contributed by atoms with Crippen molar-refractivity contribution >= 4 is 11.0 Å². The van der Waals surface area contributed by atoms with E-state index in [4.69, 9.17) is 4.98 Å². The van der Waals surface area contributed by atoms with Crippen molar-refractivity contribution in [3.8, 4) is 0 Å². The summed E-state index contributed by atoms with van der Waals surface area (Å²) in [5.74, 6) is 0.708. The van der Waals surface area contributed by atoms with Crippen molar-refractivity contribution in [2.24, 2.45) is 11.3 Å². The van der Waals surface area contributed by atoms with Crippen LogP contribution in [0.15, 0.2) is 24.8 Å². The molecular formula is C19H26N2O. The van der Waals surface area contributed by atoms with Crippen LogP contribution in [-0.4, -0.2) is 15.1 Å². The molecule has 3 heteroatoms. The summed E-state index contributed by atoms with van der Waals surface area (Å²) in [6, 6.07) is 4.21. The minimum absolute atomic E-state index is 0.341. The Labute approximate surface area is 132 Å². The highest BCUT2D eigenvalue weighted by molar-refractivity contribution is 5.77. The second-order valence-corrected chi connectivity index (χ2v) is 7.60. The van der Waals surface area contributed by atoms with Crippen LogP contribution in [0.5, 0.6) is 0 Å². The van der Waals surface area contributed by atoms with E-state index >= 15 is 0 Å². The average Bonchev–Trinajstić information content (AvgIpc) is 2.86. The van der Waals surface area contributed by atoms with E-state index in [1.54, 1.807) is 6.08 Å². The minimum Gasteiger partial charge on any atom is -0.387 e. The van der Waals surface area contributed by atoms with E-state index in [0.717, 1.165) is 29.6 Å². The summed E-state index contributed by atoms with van der Waals surface area (Å²) in [7, 11) is 0. The van der Waals surface area contributed by atoms with Gasteiger partial charge in [0.05, 0.1) is 17.1 Å². The fraction of sp³-hybridized carbons (Fsp3) is 0.526. The summed E-state index contributed by atoms with van der Waals surface area (Å²) in [5, 5.41) is 10.1. The zero-order chi connectivity index (χ0) is 15.9. The molecule has 2 aromatic rings. The first-order chi connectivity index (χ1) is 10.4. The Bertz CT molecular complexity index is 693. The largest absolute Gasteiger partial charge is 0.387 e. The fourth-order valence-electron chi connectivity index (χ4n) is 3.43. The summed E-state index contributed by atoms with van der Waals surface area (Å²) in [6.07, 6.45) is 5.15. The fourth-order valence-corrected chi connectivity index (χ4v) is 3.43. The molecule has 0 saturated heterocycles. The first-order valence-electron chi connectivity index (χ1n) is 8.19. The lowest BCUT2D eigenvalue weighted by Gasteiger charge is -2.34. The molecule has 0 radical (unpaired) electrons. The molecule has 0 spiro atoms. The minimum atomic E-state index is -0.522. The molecule has 0 bridgehead atoms. The SMILES string of the molecule is C=CCC(O)c1cc2nc3c(cc2[nH]1)CC(C(C)(C)C)CC3. The number of nitrogens with one attached hydrogen (secondary N) is 1. The highest BCUT2D eigenvalue weighted by Gasteiger charge is 2.29. The predicted molar refractivity (Wildman–Crippen MR) is 90.8 cm³/mol. The summed E-state index contributed by atoms with van der Waals surface area (Å²) in [4.78, 5) is 8.15. The van der Waals surface area contributed by atoms with E-state index < -0.39 is 6.10 Å². The number of aliphatic hydroxyl groups excluding tert-OH is 1. The third-order valence-corrected chi connectivity index (χ3v) is 4.96. The Morgan fingerprint density at radius 2 is 2.23 bits per heavy atom. The molecule has 3 nitrogen and oxygen atoms in total. The van der Waals surface area contributed by atoms with Gasteiger partial charge in [-0.05, 0) is 54.7 Å². The van der Waals surface area contributed by atoms with Crippen LogP contribution in [0.25, 0.3) is 11.0 Å². The lowest BCUT2D eigenvalue weighted by atomic mass is 9.71. The van der Waals surface area contributed by atoms with Crippen LogP contribution < -0.4 is 0 Å². The van der Waals surface area contributed by atoms with Crippen molar-refractivity contribution in [2.75, 3.05) is 0 Å². The number of hydrogen-bond donors (Lipinski definition) is 2. The molecule has 3 rings (SSSR count). The van der Waals surface area contributed by atoms with Crippen LogP contribution in [0.3, 0.4) is 0 Å². The third kappa shape index (κ3) is 2.82. The van der Waals surface area contributed by atoms with Gasteiger partial charge in [-0.3, -0.25) is 4.98 Å². The quantitative estimate of drug-likeness (QED) is 0.829. The number of aryl methyl sites for hydroxylation is 1. The van der Waals surface area contributed by atoms with Crippen molar-refractivity contribution in [1.29, 1.82) is 0 Å². The van der Waals surface area contributed by atoms with Gasteiger partial charge in [-0.1, -0.05) is 26.8 Å². The standard InChI is InChI=1S/C19H26N2O/c1-5-6-18(22)17-11-16-15(21-17)10-12-9-13(19(2,3)4)7-8-14(12)20-16/h5,10-11,13,18,21-22H,1,6-9H2,2-4H3. The van der Waals surface area contributed by atoms with Gasteiger partial charge in [-0.2, -0.15) is 0 Å². The Morgan fingerprint density at radius 3 is 2.91 bits per heavy atom. The highest BCUT2D eigenvalue weighted by Crippen LogP contribution is 2.37. The second kappa shape index (κ2) is 5.54. The Kier molecular flexibility index (Phi) is 3.85. The molecule has 22 heavy (non-hydrogen) atoms. The van der Waals surface area contributed by atoms with Gasteiger partial charge >= 0.3 is 0 Å². The van der Waals surface area contributed by atoms with Crippen molar-refractivity contribution in [3.63, 3.8) is 0 Å². The Morgan fingerprint density at radius 1 is 1.45 bits per heavy atom. The maximum Gasteiger partial charge on any atom is 0.0972 e. The van der Waals surface area contributed by atoms with Crippen molar-refractivity contribution in [3.05, 3.63) is 41.7 Å². The lowest BCUT2D eigenvalue weighted by molar-refractivity contribution is 0.177. The topological polar surface area (TPSA) is 48.9 Å². The number of rotatable bonds is 3. The van der Waals surface area contributed by atoms with Crippen LogP contribution in [0.1, 0.15) is 56.7 Å². The molecule has 0 amide bonds. The van der Waals surface area contributed by atoms with Crippen LogP contribution in [0, 0.1) is 11.3 Å². The number of aliphatic hydroxyl groups is 1. The number of nitrogens with zero attached hydrogens (tertiary/aromatic N) is 1. The molecule has 2 aromatic heterocycles. The first-order valence-corrected chi connectivity index (χ1v) is 8.19. The molecule has 0 aromatic carbocycles. The van der Waals surface area contributed by atoms with Crippen LogP contribution >= 0.6 is 0 Å². The third-order valence-electron chi connectivity index (χ3n) is 4.96. The molecule has 2 atom stereocenters. The van der Waals surface area contributed by atoms with Crippen molar-refractivity contribution in [2.45, 2.75) is 52.6 Å². The van der Waals surface area contributed by atoms with Gasteiger partial charge in [0, 0.05) is 11.4 Å². The maximum atomic E-state index is 10.1. The Balaban J connectivity index is 1.94. The lowest BCUT2D eigenvalue weighted by Crippen LogP contribution is -2.27. The van der Waals surface area contributed by atoms with Gasteiger partial charge < -0.3 is 10.1 Å². The van der Waals surface area contributed by atoms with Gasteiger partial charge in [0.15, 0.2) is 0 Å². The molecule has 1 aliphatic rings. The van der Waals surface area contributed by atoms with Crippen LogP contribution in [-0.2, 0) is 12.8 Å². The molecule has 0 saturated carbocycles. The van der Waals surface area contributed by atoms with Gasteiger partial charge in [0.1, 0.15) is 0 Å². The van der Waals surface area contributed by atoms with Gasteiger partial charge in [-0.25, -0.2) is 0 Å². The Hall–Kier alpha value is -1.61. The predicted octanol–water partition coefficient (Wildman–Crippen LogP) is 4.32. The van der Waals surface area contributed by atoms with Gasteiger partial charge in [-0.15, -0.1) is 6.58 Å². The number of aromatic nitrogens is 2. The zero-order valence-electron chi connectivity index (χ0n) is 13.8. The average molecular weight is 298 g/mol. The molecule has 1 aliphatic carbocycles. The number of aromatic amines is 1. The summed E-state index contributed by atoms with van der Waals surface area (Å²) >= 11 is 0. The summed E-state index contributed by atoms with van der Waals surface area (Å²) in [6.45, 7) is 10.7. The van der Waals surface area contributed by atoms with E-state index in [1.807, 2.05) is 6.07 Å². The number of H-pyrrole nitrogens is 1. The molecule has 0 aliphatic heterocycles. The van der Waals surface area contributed by atoms with Crippen LogP contribution in [0.2, 0.25) is 0 Å². The van der Waals surface area contributed by atoms with Gasteiger partial charge in [0.25, 0.3) is 0 Å². The van der Waals surface area contributed by atoms with Gasteiger partial charge in [0.2, 0.25) is 0 Å². The molecule has 118 valence electrons. The maximum absolute atomic E-state index is 10.1. The molecule has 2 unspecified atom stereocenters. The molecule has 2 heterocycles. The van der Waals surface area contributed by atoms with E-state index in [9.17, 15) is 5.11 Å². The number of fused-ring (bicyclic) bond motifs is 2. The van der Waals surface area contributed by atoms with Crippen molar-refractivity contribution < 1.29 is 5.11 Å². The molecular weight excluding hydrogens is 272 g/mol. The zero-order valence-corrected chi connectivity index (χ0v) is 13.8. The number of hydrogen-bond acceptors (Lipinski definition) is 2. The second-order valence-electron chi connectivity index (χ2n) is 7.60. The summed E-state index contributed by atoms with van der Waals surface area (Å²) < 4.78 is 0. The summed E-state index contributed by atoms with van der Waals surface area (Å²) in [5.41, 5.74) is 5.77. The monoisotopic (exact) mass is 298 g/mol. The van der Waals surface area contributed by atoms with E-state index in [0.29, 0.717) is 17.8 Å². The van der Waals surface area contributed by atoms with E-state index in [1.165, 1.54) is 17.7 Å². The normalized spacial score (nSPS) is 19.9. The van der Waals surface area contributed by atoms with E-state index in [2.05, 4.69) is 38.4 Å². The smallest absolute Gasteiger partial charge is 0.0972 e. The van der Waals surface area contributed by atoms with Crippen LogP contribution in [0.4, 0.5) is 0 Å².